The minimum absolute atomic E-state index is 0.747. The van der Waals surface area contributed by atoms with Gasteiger partial charge in [-0.25, -0.2) is 9.97 Å². The molecule has 0 unspecified atom stereocenters. The van der Waals surface area contributed by atoms with Gasteiger partial charge in [-0.2, -0.15) is 0 Å². The van der Waals surface area contributed by atoms with Crippen LogP contribution in [0, 0.1) is 6.92 Å². The van der Waals surface area contributed by atoms with Gasteiger partial charge in [0.25, 0.3) is 0 Å². The van der Waals surface area contributed by atoms with Crippen LogP contribution in [-0.4, -0.2) is 16.5 Å². The summed E-state index contributed by atoms with van der Waals surface area (Å²) >= 11 is 0. The van der Waals surface area contributed by atoms with Crippen molar-refractivity contribution in [3.05, 3.63) is 17.5 Å². The van der Waals surface area contributed by atoms with E-state index in [1.807, 2.05) is 13.1 Å². The van der Waals surface area contributed by atoms with E-state index in [2.05, 4.69) is 29.1 Å². The predicted molar refractivity (Wildman–Crippen MR) is 54.9 cm³/mol. The lowest BCUT2D eigenvalue weighted by Gasteiger charge is -2.05. The molecule has 13 heavy (non-hydrogen) atoms. The first-order chi connectivity index (χ1) is 6.27. The van der Waals surface area contributed by atoms with E-state index in [1.165, 1.54) is 5.56 Å². The number of hydrogen-bond acceptors (Lipinski definition) is 3. The van der Waals surface area contributed by atoms with E-state index in [0.717, 1.165) is 31.0 Å². The molecule has 0 aliphatic rings. The van der Waals surface area contributed by atoms with Gasteiger partial charge in [0.05, 0.1) is 0 Å². The van der Waals surface area contributed by atoms with E-state index >= 15 is 0 Å². The molecular weight excluding hydrogens is 162 g/mol. The average Bonchev–Trinajstić information content (AvgIpc) is 2.15. The van der Waals surface area contributed by atoms with Crippen molar-refractivity contribution in [3.63, 3.8) is 0 Å². The highest BCUT2D eigenvalue weighted by atomic mass is 15.1. The summed E-state index contributed by atoms with van der Waals surface area (Å²) in [5.74, 6) is 0.747. The Labute approximate surface area is 79.6 Å². The summed E-state index contributed by atoms with van der Waals surface area (Å²) in [6, 6.07) is 0. The fourth-order valence-corrected chi connectivity index (χ4v) is 1.16. The Morgan fingerprint density at radius 1 is 1.38 bits per heavy atom. The number of aromatic nitrogens is 2. The first kappa shape index (κ1) is 9.96. The minimum atomic E-state index is 0.747. The maximum atomic E-state index is 4.36. The second kappa shape index (κ2) is 4.80. The Morgan fingerprint density at radius 3 is 2.69 bits per heavy atom. The van der Waals surface area contributed by atoms with Gasteiger partial charge in [0, 0.05) is 18.4 Å². The fraction of sp³-hybridized carbons (Fsp3) is 0.600. The van der Waals surface area contributed by atoms with Crippen LogP contribution in [-0.2, 0) is 6.42 Å². The molecule has 0 atom stereocenters. The number of rotatable bonds is 4. The monoisotopic (exact) mass is 179 g/mol. The SMILES string of the molecule is CCCNc1ncc(CC)c(C)n1. The third-order valence-corrected chi connectivity index (χ3v) is 2.00. The van der Waals surface area contributed by atoms with E-state index in [1.54, 1.807) is 0 Å². The Morgan fingerprint density at radius 2 is 2.15 bits per heavy atom. The van der Waals surface area contributed by atoms with Gasteiger partial charge in [0.2, 0.25) is 5.95 Å². The molecule has 3 nitrogen and oxygen atoms in total. The average molecular weight is 179 g/mol. The van der Waals surface area contributed by atoms with Crippen LogP contribution in [0.3, 0.4) is 0 Å². The molecule has 0 bridgehead atoms. The summed E-state index contributed by atoms with van der Waals surface area (Å²) in [6.07, 6.45) is 4.00. The summed E-state index contributed by atoms with van der Waals surface area (Å²) in [5, 5.41) is 3.16. The van der Waals surface area contributed by atoms with Crippen molar-refractivity contribution in [2.75, 3.05) is 11.9 Å². The molecule has 0 spiro atoms. The summed E-state index contributed by atoms with van der Waals surface area (Å²) < 4.78 is 0. The van der Waals surface area contributed by atoms with Crippen LogP contribution in [0.4, 0.5) is 5.95 Å². The Hall–Kier alpha value is -1.12. The molecule has 1 N–H and O–H groups in total. The minimum Gasteiger partial charge on any atom is -0.354 e. The molecule has 1 aromatic heterocycles. The quantitative estimate of drug-likeness (QED) is 0.769. The van der Waals surface area contributed by atoms with Crippen LogP contribution < -0.4 is 5.32 Å². The van der Waals surface area contributed by atoms with Crippen LogP contribution in [0.5, 0.6) is 0 Å². The molecule has 0 aliphatic carbocycles. The normalized spacial score (nSPS) is 10.1. The van der Waals surface area contributed by atoms with Gasteiger partial charge in [0.1, 0.15) is 0 Å². The standard InChI is InChI=1S/C10H17N3/c1-4-6-11-10-12-7-9(5-2)8(3)13-10/h7H,4-6H2,1-3H3,(H,11,12,13). The highest BCUT2D eigenvalue weighted by Crippen LogP contribution is 2.07. The molecular formula is C10H17N3. The molecule has 72 valence electrons. The second-order valence-electron chi connectivity index (χ2n) is 3.08. The zero-order chi connectivity index (χ0) is 9.68. The smallest absolute Gasteiger partial charge is 0.222 e. The molecule has 0 saturated heterocycles. The van der Waals surface area contributed by atoms with E-state index in [0.29, 0.717) is 0 Å². The van der Waals surface area contributed by atoms with Gasteiger partial charge < -0.3 is 5.32 Å². The summed E-state index contributed by atoms with van der Waals surface area (Å²) in [6.45, 7) is 7.20. The van der Waals surface area contributed by atoms with Crippen molar-refractivity contribution < 1.29 is 0 Å². The highest BCUT2D eigenvalue weighted by Gasteiger charge is 1.99. The number of nitrogens with one attached hydrogen (secondary N) is 1. The first-order valence-electron chi connectivity index (χ1n) is 4.84. The van der Waals surface area contributed by atoms with E-state index < -0.39 is 0 Å². The molecule has 1 aromatic rings. The lowest BCUT2D eigenvalue weighted by molar-refractivity contribution is 0.930. The van der Waals surface area contributed by atoms with Crippen molar-refractivity contribution in [2.24, 2.45) is 0 Å². The predicted octanol–water partition coefficient (Wildman–Crippen LogP) is 2.17. The Bertz CT molecular complexity index is 271. The Kier molecular flexibility index (Phi) is 3.68. The third-order valence-electron chi connectivity index (χ3n) is 2.00. The number of anilines is 1. The largest absolute Gasteiger partial charge is 0.354 e. The van der Waals surface area contributed by atoms with Crippen molar-refractivity contribution in [2.45, 2.75) is 33.6 Å². The zero-order valence-corrected chi connectivity index (χ0v) is 8.59. The fourth-order valence-electron chi connectivity index (χ4n) is 1.16. The van der Waals surface area contributed by atoms with Gasteiger partial charge in [-0.3, -0.25) is 0 Å². The summed E-state index contributed by atoms with van der Waals surface area (Å²) in [5.41, 5.74) is 2.30. The van der Waals surface area contributed by atoms with Gasteiger partial charge in [-0.1, -0.05) is 13.8 Å². The van der Waals surface area contributed by atoms with Gasteiger partial charge in [0.15, 0.2) is 0 Å². The van der Waals surface area contributed by atoms with Crippen LogP contribution in [0.15, 0.2) is 6.20 Å². The molecule has 1 heterocycles. The molecule has 0 aromatic carbocycles. The lowest BCUT2D eigenvalue weighted by Crippen LogP contribution is -2.06. The molecule has 1 rings (SSSR count). The molecule has 0 radical (unpaired) electrons. The molecule has 0 fully saturated rings. The number of aryl methyl sites for hydroxylation is 2. The maximum absolute atomic E-state index is 4.36. The van der Waals surface area contributed by atoms with E-state index in [9.17, 15) is 0 Å². The maximum Gasteiger partial charge on any atom is 0.222 e. The molecule has 3 heteroatoms. The summed E-state index contributed by atoms with van der Waals surface area (Å²) in [4.78, 5) is 8.58. The molecule has 0 aliphatic heterocycles. The van der Waals surface area contributed by atoms with Crippen LogP contribution >= 0.6 is 0 Å². The zero-order valence-electron chi connectivity index (χ0n) is 8.59. The second-order valence-corrected chi connectivity index (χ2v) is 3.08. The van der Waals surface area contributed by atoms with Crippen LogP contribution in [0.1, 0.15) is 31.5 Å². The van der Waals surface area contributed by atoms with Crippen molar-refractivity contribution in [1.82, 2.24) is 9.97 Å². The van der Waals surface area contributed by atoms with E-state index in [-0.39, 0.29) is 0 Å². The first-order valence-corrected chi connectivity index (χ1v) is 4.84. The van der Waals surface area contributed by atoms with Crippen molar-refractivity contribution >= 4 is 5.95 Å². The van der Waals surface area contributed by atoms with Gasteiger partial charge >= 0.3 is 0 Å². The molecule has 0 amide bonds. The molecule has 0 saturated carbocycles. The van der Waals surface area contributed by atoms with Gasteiger partial charge in [-0.05, 0) is 25.3 Å². The number of hydrogen-bond donors (Lipinski definition) is 1. The highest BCUT2D eigenvalue weighted by molar-refractivity contribution is 5.28. The van der Waals surface area contributed by atoms with E-state index in [4.69, 9.17) is 0 Å². The lowest BCUT2D eigenvalue weighted by atomic mass is 10.2. The van der Waals surface area contributed by atoms with Crippen molar-refractivity contribution in [3.8, 4) is 0 Å². The van der Waals surface area contributed by atoms with Crippen molar-refractivity contribution in [1.29, 1.82) is 0 Å². The van der Waals surface area contributed by atoms with Crippen LogP contribution in [0.25, 0.3) is 0 Å². The summed E-state index contributed by atoms with van der Waals surface area (Å²) in [7, 11) is 0. The number of nitrogens with zero attached hydrogens (tertiary/aromatic N) is 2. The van der Waals surface area contributed by atoms with Crippen LogP contribution in [0.2, 0.25) is 0 Å². The Balaban J connectivity index is 2.71. The third kappa shape index (κ3) is 2.68. The van der Waals surface area contributed by atoms with Gasteiger partial charge in [-0.15, -0.1) is 0 Å². The topological polar surface area (TPSA) is 37.8 Å².